The van der Waals surface area contributed by atoms with E-state index in [1.807, 2.05) is 30.6 Å². The molecule has 2 aromatic heterocycles. The zero-order chi connectivity index (χ0) is 15.5. The van der Waals surface area contributed by atoms with Gasteiger partial charge in [-0.2, -0.15) is 0 Å². The van der Waals surface area contributed by atoms with E-state index in [1.165, 1.54) is 0 Å². The van der Waals surface area contributed by atoms with E-state index < -0.39 is 0 Å². The topological polar surface area (TPSA) is 56.1 Å². The maximum atomic E-state index is 12.5. The third-order valence-corrected chi connectivity index (χ3v) is 5.18. The van der Waals surface area contributed by atoms with Crippen LogP contribution in [0.1, 0.15) is 43.0 Å². The number of hydrogen-bond donors (Lipinski definition) is 1. The van der Waals surface area contributed by atoms with Crippen LogP contribution in [0.5, 0.6) is 0 Å². The van der Waals surface area contributed by atoms with Crippen molar-refractivity contribution >= 4 is 17.2 Å². The summed E-state index contributed by atoms with van der Waals surface area (Å²) in [7, 11) is 0. The Hall–Kier alpha value is -1.66. The van der Waals surface area contributed by atoms with E-state index in [-0.39, 0.29) is 24.0 Å². The number of nitrogens with zero attached hydrogens (tertiary/aromatic N) is 2. The predicted octanol–water partition coefficient (Wildman–Crippen LogP) is 2.71. The zero-order valence-electron chi connectivity index (χ0n) is 12.9. The van der Waals surface area contributed by atoms with Crippen LogP contribution in [-0.2, 0) is 16.1 Å². The summed E-state index contributed by atoms with van der Waals surface area (Å²) in [6.45, 7) is 5.52. The molecule has 0 bridgehead atoms. The fraction of sp³-hybridized carbons (Fsp3) is 0.500. The molecule has 5 nitrogen and oxygen atoms in total. The molecule has 0 aromatic carbocycles. The highest BCUT2D eigenvalue weighted by atomic mass is 32.1. The van der Waals surface area contributed by atoms with Crippen LogP contribution < -0.4 is 5.32 Å². The number of aromatic nitrogens is 2. The second-order valence-electron chi connectivity index (χ2n) is 5.50. The summed E-state index contributed by atoms with van der Waals surface area (Å²) in [5.74, 6) is 0.818. The van der Waals surface area contributed by atoms with Crippen LogP contribution in [-0.4, -0.2) is 28.1 Å². The van der Waals surface area contributed by atoms with Gasteiger partial charge in [-0.1, -0.05) is 6.07 Å². The Morgan fingerprint density at radius 2 is 2.50 bits per heavy atom. The lowest BCUT2D eigenvalue weighted by atomic mass is 10.1. The van der Waals surface area contributed by atoms with E-state index in [1.54, 1.807) is 17.5 Å². The molecule has 1 aliphatic rings. The molecule has 3 heterocycles. The second-order valence-corrected chi connectivity index (χ2v) is 6.48. The van der Waals surface area contributed by atoms with E-state index >= 15 is 0 Å². The monoisotopic (exact) mass is 319 g/mol. The van der Waals surface area contributed by atoms with Crippen molar-refractivity contribution in [1.29, 1.82) is 0 Å². The van der Waals surface area contributed by atoms with E-state index in [9.17, 15) is 4.79 Å². The van der Waals surface area contributed by atoms with Crippen molar-refractivity contribution in [3.05, 3.63) is 40.6 Å². The Labute approximate surface area is 134 Å². The fourth-order valence-electron chi connectivity index (χ4n) is 2.81. The number of hydrogen-bond acceptors (Lipinski definition) is 4. The van der Waals surface area contributed by atoms with Crippen LogP contribution in [0.15, 0.2) is 29.9 Å². The van der Waals surface area contributed by atoms with Crippen molar-refractivity contribution in [3.8, 4) is 0 Å². The Morgan fingerprint density at radius 1 is 1.64 bits per heavy atom. The fourth-order valence-corrected chi connectivity index (χ4v) is 3.59. The number of carbonyl (C=O) groups excluding carboxylic acids is 1. The van der Waals surface area contributed by atoms with Crippen LogP contribution in [0, 0.1) is 0 Å². The first kappa shape index (κ1) is 15.2. The van der Waals surface area contributed by atoms with Gasteiger partial charge in [-0.3, -0.25) is 4.79 Å². The van der Waals surface area contributed by atoms with E-state index in [2.05, 4.69) is 21.8 Å². The average molecular weight is 319 g/mol. The predicted molar refractivity (Wildman–Crippen MR) is 85.9 cm³/mol. The first-order chi connectivity index (χ1) is 10.7. The van der Waals surface area contributed by atoms with Crippen molar-refractivity contribution < 1.29 is 9.53 Å². The molecule has 1 saturated heterocycles. The van der Waals surface area contributed by atoms with Crippen molar-refractivity contribution in [2.75, 3.05) is 6.61 Å². The summed E-state index contributed by atoms with van der Waals surface area (Å²) in [6, 6.07) is 3.97. The smallest absolute Gasteiger partial charge is 0.228 e. The molecule has 0 saturated carbocycles. The summed E-state index contributed by atoms with van der Waals surface area (Å²) in [5, 5.41) is 5.14. The maximum absolute atomic E-state index is 12.5. The number of thiophene rings is 1. The van der Waals surface area contributed by atoms with Crippen molar-refractivity contribution in [1.82, 2.24) is 14.9 Å². The summed E-state index contributed by atoms with van der Waals surface area (Å²) < 4.78 is 7.90. The lowest BCUT2D eigenvalue weighted by Crippen LogP contribution is -2.39. The molecule has 118 valence electrons. The van der Waals surface area contributed by atoms with Gasteiger partial charge in [0.05, 0.1) is 12.0 Å². The summed E-state index contributed by atoms with van der Waals surface area (Å²) in [5.41, 5.74) is 0. The van der Waals surface area contributed by atoms with Crippen LogP contribution in [0.4, 0.5) is 0 Å². The van der Waals surface area contributed by atoms with E-state index in [4.69, 9.17) is 4.74 Å². The van der Waals surface area contributed by atoms with Gasteiger partial charge in [0.1, 0.15) is 11.9 Å². The Morgan fingerprint density at radius 3 is 3.23 bits per heavy atom. The minimum Gasteiger partial charge on any atom is -0.368 e. The molecule has 3 rings (SSSR count). The van der Waals surface area contributed by atoms with Crippen LogP contribution in [0.2, 0.25) is 0 Å². The molecule has 0 spiro atoms. The largest absolute Gasteiger partial charge is 0.368 e. The van der Waals surface area contributed by atoms with Gasteiger partial charge in [0.2, 0.25) is 5.91 Å². The number of ether oxygens (including phenoxy) is 1. The van der Waals surface area contributed by atoms with Gasteiger partial charge in [0.25, 0.3) is 0 Å². The third kappa shape index (κ3) is 2.94. The number of nitrogens with one attached hydrogen (secondary N) is 1. The third-order valence-electron chi connectivity index (χ3n) is 4.13. The molecule has 1 fully saturated rings. The first-order valence-electron chi connectivity index (χ1n) is 7.67. The molecule has 1 amide bonds. The summed E-state index contributed by atoms with van der Waals surface area (Å²) in [6.07, 6.45) is 4.40. The average Bonchev–Trinajstić information content (AvgIpc) is 3.26. The molecule has 3 atom stereocenters. The Balaban J connectivity index is 1.70. The molecule has 22 heavy (non-hydrogen) atoms. The lowest BCUT2D eigenvalue weighted by molar-refractivity contribution is -0.123. The van der Waals surface area contributed by atoms with Crippen molar-refractivity contribution in [2.45, 2.75) is 44.9 Å². The van der Waals surface area contributed by atoms with E-state index in [0.717, 1.165) is 23.7 Å². The Bertz CT molecular complexity index is 623. The normalized spacial score (nSPS) is 22.6. The van der Waals surface area contributed by atoms with Crippen molar-refractivity contribution in [2.24, 2.45) is 0 Å². The summed E-state index contributed by atoms with van der Waals surface area (Å²) >= 11 is 1.61. The SMILES string of the molecule is CCn1ccnc1[C@H]1OCC[C@@H]1NC(=O)C(C)c1cccs1. The van der Waals surface area contributed by atoms with Gasteiger partial charge in [0, 0.05) is 30.4 Å². The number of aryl methyl sites for hydroxylation is 1. The molecule has 1 aliphatic heterocycles. The number of imidazole rings is 1. The van der Waals surface area contributed by atoms with Crippen LogP contribution >= 0.6 is 11.3 Å². The minimum absolute atomic E-state index is 0.0115. The van der Waals surface area contributed by atoms with Gasteiger partial charge >= 0.3 is 0 Å². The van der Waals surface area contributed by atoms with Gasteiger partial charge < -0.3 is 14.6 Å². The molecule has 1 unspecified atom stereocenters. The highest BCUT2D eigenvalue weighted by Crippen LogP contribution is 2.29. The lowest BCUT2D eigenvalue weighted by Gasteiger charge is -2.21. The van der Waals surface area contributed by atoms with Gasteiger partial charge in [-0.05, 0) is 31.7 Å². The molecule has 6 heteroatoms. The number of carbonyl (C=O) groups is 1. The van der Waals surface area contributed by atoms with E-state index in [0.29, 0.717) is 6.61 Å². The molecule has 0 radical (unpaired) electrons. The maximum Gasteiger partial charge on any atom is 0.228 e. The highest BCUT2D eigenvalue weighted by Gasteiger charge is 2.34. The molecule has 1 N–H and O–H groups in total. The number of amides is 1. The van der Waals surface area contributed by atoms with Gasteiger partial charge in [-0.15, -0.1) is 11.3 Å². The van der Waals surface area contributed by atoms with Gasteiger partial charge in [0.15, 0.2) is 0 Å². The second kappa shape index (κ2) is 6.62. The number of rotatable bonds is 5. The minimum atomic E-state index is -0.158. The molecule has 2 aromatic rings. The van der Waals surface area contributed by atoms with Crippen molar-refractivity contribution in [3.63, 3.8) is 0 Å². The van der Waals surface area contributed by atoms with Crippen LogP contribution in [0.25, 0.3) is 0 Å². The standard InChI is InChI=1S/C16H21N3O2S/c1-3-19-8-7-17-15(19)14-12(6-9-21-14)18-16(20)11(2)13-5-4-10-22-13/h4-5,7-8,10-12,14H,3,6,9H2,1-2H3,(H,18,20)/t11?,12-,14-/m0/s1. The van der Waals surface area contributed by atoms with Crippen LogP contribution in [0.3, 0.4) is 0 Å². The summed E-state index contributed by atoms with van der Waals surface area (Å²) in [4.78, 5) is 18.0. The molecular formula is C16H21N3O2S. The molecule has 0 aliphatic carbocycles. The van der Waals surface area contributed by atoms with Gasteiger partial charge in [-0.25, -0.2) is 4.98 Å². The highest BCUT2D eigenvalue weighted by molar-refractivity contribution is 7.10. The quantitative estimate of drug-likeness (QED) is 0.922. The first-order valence-corrected chi connectivity index (χ1v) is 8.55. The Kier molecular flexibility index (Phi) is 4.59. The molecular weight excluding hydrogens is 298 g/mol. The zero-order valence-corrected chi connectivity index (χ0v) is 13.7.